The number of hydrogen-bond donors (Lipinski definition) is 3. The second-order valence-corrected chi connectivity index (χ2v) is 4.45. The predicted molar refractivity (Wildman–Crippen MR) is 61.6 cm³/mol. The maximum absolute atomic E-state index is 11.8. The first-order valence-electron chi connectivity index (χ1n) is 5.80. The zero-order chi connectivity index (χ0) is 12.1. The van der Waals surface area contributed by atoms with Crippen molar-refractivity contribution in [3.05, 3.63) is 0 Å². The van der Waals surface area contributed by atoms with Gasteiger partial charge in [0.2, 0.25) is 11.8 Å². The standard InChI is InChI=1S/C11H21N3O2/c1-7-8(4-3-5-9(7)12)11(16)14-6-10(15)13-2/h7-9H,3-6,12H2,1-2H3,(H,13,15)(H,14,16). The van der Waals surface area contributed by atoms with Crippen LogP contribution in [0.3, 0.4) is 0 Å². The van der Waals surface area contributed by atoms with Gasteiger partial charge < -0.3 is 16.4 Å². The lowest BCUT2D eigenvalue weighted by Gasteiger charge is -2.32. The highest BCUT2D eigenvalue weighted by Gasteiger charge is 2.32. The third kappa shape index (κ3) is 3.20. The zero-order valence-electron chi connectivity index (χ0n) is 9.95. The van der Waals surface area contributed by atoms with Crippen molar-refractivity contribution in [3.63, 3.8) is 0 Å². The summed E-state index contributed by atoms with van der Waals surface area (Å²) in [7, 11) is 1.55. The van der Waals surface area contributed by atoms with E-state index in [1.807, 2.05) is 6.92 Å². The molecule has 0 spiro atoms. The van der Waals surface area contributed by atoms with Gasteiger partial charge in [-0.3, -0.25) is 9.59 Å². The first kappa shape index (κ1) is 13.0. The summed E-state index contributed by atoms with van der Waals surface area (Å²) in [6, 6.07) is 0.101. The second-order valence-electron chi connectivity index (χ2n) is 4.45. The number of nitrogens with one attached hydrogen (secondary N) is 2. The van der Waals surface area contributed by atoms with Crippen LogP contribution in [0, 0.1) is 11.8 Å². The lowest BCUT2D eigenvalue weighted by Crippen LogP contribution is -2.46. The molecule has 0 bridgehead atoms. The molecule has 0 aromatic carbocycles. The number of hydrogen-bond acceptors (Lipinski definition) is 3. The van der Waals surface area contributed by atoms with E-state index in [1.165, 1.54) is 0 Å². The SMILES string of the molecule is CNC(=O)CNC(=O)C1CCCC(N)C1C. The van der Waals surface area contributed by atoms with Gasteiger partial charge in [0.25, 0.3) is 0 Å². The van der Waals surface area contributed by atoms with Gasteiger partial charge in [0, 0.05) is 19.0 Å². The average Bonchev–Trinajstić information content (AvgIpc) is 2.29. The molecule has 5 heteroatoms. The van der Waals surface area contributed by atoms with Crippen molar-refractivity contribution in [1.29, 1.82) is 0 Å². The molecule has 2 amide bonds. The molecule has 0 saturated heterocycles. The third-order valence-corrected chi connectivity index (χ3v) is 3.40. The number of likely N-dealkylation sites (N-methyl/N-ethyl adjacent to an activating group) is 1. The molecule has 0 aromatic heterocycles. The monoisotopic (exact) mass is 227 g/mol. The van der Waals surface area contributed by atoms with Crippen molar-refractivity contribution >= 4 is 11.8 Å². The van der Waals surface area contributed by atoms with Crippen LogP contribution in [-0.4, -0.2) is 31.4 Å². The number of rotatable bonds is 3. The van der Waals surface area contributed by atoms with Gasteiger partial charge in [-0.2, -0.15) is 0 Å². The Morgan fingerprint density at radius 2 is 2.06 bits per heavy atom. The molecule has 5 nitrogen and oxygen atoms in total. The van der Waals surface area contributed by atoms with Crippen LogP contribution in [0.1, 0.15) is 26.2 Å². The Balaban J connectivity index is 2.43. The van der Waals surface area contributed by atoms with E-state index in [2.05, 4.69) is 10.6 Å². The van der Waals surface area contributed by atoms with E-state index in [0.717, 1.165) is 19.3 Å². The maximum Gasteiger partial charge on any atom is 0.239 e. The molecular weight excluding hydrogens is 206 g/mol. The molecule has 0 aromatic rings. The largest absolute Gasteiger partial charge is 0.358 e. The quantitative estimate of drug-likeness (QED) is 0.614. The summed E-state index contributed by atoms with van der Waals surface area (Å²) in [5.74, 6) is -0.0841. The van der Waals surface area contributed by atoms with Crippen LogP contribution in [-0.2, 0) is 9.59 Å². The maximum atomic E-state index is 11.8. The van der Waals surface area contributed by atoms with E-state index in [4.69, 9.17) is 5.73 Å². The Labute approximate surface area is 96.1 Å². The normalized spacial score (nSPS) is 29.6. The summed E-state index contributed by atoms with van der Waals surface area (Å²) < 4.78 is 0. The van der Waals surface area contributed by atoms with Crippen molar-refractivity contribution in [2.45, 2.75) is 32.2 Å². The summed E-state index contributed by atoms with van der Waals surface area (Å²) in [5.41, 5.74) is 5.93. The molecule has 1 rings (SSSR count). The van der Waals surface area contributed by atoms with Gasteiger partial charge in [-0.05, 0) is 18.8 Å². The fraction of sp³-hybridized carbons (Fsp3) is 0.818. The molecule has 92 valence electrons. The van der Waals surface area contributed by atoms with E-state index in [1.54, 1.807) is 7.05 Å². The number of nitrogens with two attached hydrogens (primary N) is 1. The Kier molecular flexibility index (Phi) is 4.73. The van der Waals surface area contributed by atoms with Gasteiger partial charge in [-0.25, -0.2) is 0 Å². The lowest BCUT2D eigenvalue weighted by molar-refractivity contribution is -0.130. The van der Waals surface area contributed by atoms with E-state index in [0.29, 0.717) is 0 Å². The average molecular weight is 227 g/mol. The fourth-order valence-electron chi connectivity index (χ4n) is 2.15. The molecule has 0 radical (unpaired) electrons. The Hall–Kier alpha value is -1.10. The third-order valence-electron chi connectivity index (χ3n) is 3.40. The van der Waals surface area contributed by atoms with Gasteiger partial charge in [0.05, 0.1) is 6.54 Å². The molecule has 16 heavy (non-hydrogen) atoms. The first-order chi connectivity index (χ1) is 7.56. The molecular formula is C11H21N3O2. The minimum atomic E-state index is -0.180. The zero-order valence-corrected chi connectivity index (χ0v) is 9.95. The van der Waals surface area contributed by atoms with Gasteiger partial charge in [-0.1, -0.05) is 13.3 Å². The molecule has 1 saturated carbocycles. The summed E-state index contributed by atoms with van der Waals surface area (Å²) in [4.78, 5) is 22.8. The van der Waals surface area contributed by atoms with Crippen LogP contribution >= 0.6 is 0 Å². The van der Waals surface area contributed by atoms with Crippen molar-refractivity contribution < 1.29 is 9.59 Å². The van der Waals surface area contributed by atoms with Crippen LogP contribution in [0.2, 0.25) is 0 Å². The molecule has 0 aliphatic heterocycles. The van der Waals surface area contributed by atoms with Gasteiger partial charge in [-0.15, -0.1) is 0 Å². The summed E-state index contributed by atoms with van der Waals surface area (Å²) in [6.07, 6.45) is 2.85. The molecule has 1 aliphatic rings. The van der Waals surface area contributed by atoms with Crippen LogP contribution in [0.25, 0.3) is 0 Å². The summed E-state index contributed by atoms with van der Waals surface area (Å²) >= 11 is 0. The Morgan fingerprint density at radius 3 is 2.69 bits per heavy atom. The summed E-state index contributed by atoms with van der Waals surface area (Å²) in [6.45, 7) is 2.06. The highest BCUT2D eigenvalue weighted by Crippen LogP contribution is 2.28. The lowest BCUT2D eigenvalue weighted by atomic mass is 9.77. The van der Waals surface area contributed by atoms with E-state index in [9.17, 15) is 9.59 Å². The highest BCUT2D eigenvalue weighted by atomic mass is 16.2. The minimum Gasteiger partial charge on any atom is -0.358 e. The van der Waals surface area contributed by atoms with Gasteiger partial charge in [0.1, 0.15) is 0 Å². The second kappa shape index (κ2) is 5.84. The molecule has 1 fully saturated rings. The van der Waals surface area contributed by atoms with Crippen molar-refractivity contribution in [3.8, 4) is 0 Å². The highest BCUT2D eigenvalue weighted by molar-refractivity contribution is 5.85. The van der Waals surface area contributed by atoms with E-state index < -0.39 is 0 Å². The minimum absolute atomic E-state index is 0.0478. The first-order valence-corrected chi connectivity index (χ1v) is 5.80. The van der Waals surface area contributed by atoms with Crippen molar-refractivity contribution in [2.75, 3.05) is 13.6 Å². The predicted octanol–water partition coefficient (Wildman–Crippen LogP) is -0.388. The summed E-state index contributed by atoms with van der Waals surface area (Å²) in [5, 5.41) is 5.11. The van der Waals surface area contributed by atoms with E-state index in [-0.39, 0.29) is 36.2 Å². The topological polar surface area (TPSA) is 84.2 Å². The van der Waals surface area contributed by atoms with E-state index >= 15 is 0 Å². The van der Waals surface area contributed by atoms with Crippen LogP contribution in [0.15, 0.2) is 0 Å². The number of carbonyl (C=O) groups is 2. The molecule has 3 unspecified atom stereocenters. The molecule has 3 atom stereocenters. The van der Waals surface area contributed by atoms with Crippen LogP contribution in [0.4, 0.5) is 0 Å². The molecule has 0 heterocycles. The van der Waals surface area contributed by atoms with Crippen LogP contribution < -0.4 is 16.4 Å². The van der Waals surface area contributed by atoms with Crippen LogP contribution in [0.5, 0.6) is 0 Å². The van der Waals surface area contributed by atoms with Crippen molar-refractivity contribution in [1.82, 2.24) is 10.6 Å². The molecule has 1 aliphatic carbocycles. The van der Waals surface area contributed by atoms with Crippen molar-refractivity contribution in [2.24, 2.45) is 17.6 Å². The van der Waals surface area contributed by atoms with Gasteiger partial charge in [0.15, 0.2) is 0 Å². The molecule has 4 N–H and O–H groups in total. The Bertz CT molecular complexity index is 268. The number of amides is 2. The fourth-order valence-corrected chi connectivity index (χ4v) is 2.15. The Morgan fingerprint density at radius 1 is 1.38 bits per heavy atom. The van der Waals surface area contributed by atoms with Gasteiger partial charge >= 0.3 is 0 Å². The number of carbonyl (C=O) groups excluding carboxylic acids is 2. The smallest absolute Gasteiger partial charge is 0.239 e.